The summed E-state index contributed by atoms with van der Waals surface area (Å²) in [5.41, 5.74) is 1.41. The van der Waals surface area contributed by atoms with E-state index in [0.29, 0.717) is 33.3 Å². The van der Waals surface area contributed by atoms with Gasteiger partial charge in [0.05, 0.1) is 29.1 Å². The van der Waals surface area contributed by atoms with Crippen molar-refractivity contribution in [2.75, 3.05) is 0 Å². The topological polar surface area (TPSA) is 123 Å². The molecule has 5 heterocycles. The van der Waals surface area contributed by atoms with E-state index in [4.69, 9.17) is 16.6 Å². The fourth-order valence-corrected chi connectivity index (χ4v) is 6.16. The molecule has 43 heavy (non-hydrogen) atoms. The first-order valence-corrected chi connectivity index (χ1v) is 13.6. The molecule has 3 atom stereocenters. The molecular formula is C28H18ClF4N9O. The van der Waals surface area contributed by atoms with Crippen LogP contribution in [0.4, 0.5) is 17.6 Å². The zero-order valence-corrected chi connectivity index (χ0v) is 22.7. The third-order valence-electron chi connectivity index (χ3n) is 8.08. The van der Waals surface area contributed by atoms with Gasteiger partial charge in [-0.1, -0.05) is 28.9 Å². The minimum atomic E-state index is -4.68. The van der Waals surface area contributed by atoms with Crippen molar-refractivity contribution in [3.8, 4) is 28.2 Å². The molecule has 0 radical (unpaired) electrons. The number of aryl methyl sites for hydroxylation is 1. The van der Waals surface area contributed by atoms with Crippen LogP contribution in [0, 0.1) is 18.8 Å². The average Bonchev–Trinajstić information content (AvgIpc) is 3.31. The summed E-state index contributed by atoms with van der Waals surface area (Å²) in [6, 6.07) is 10.6. The lowest BCUT2D eigenvalue weighted by atomic mass is 10.1. The van der Waals surface area contributed by atoms with Crippen molar-refractivity contribution in [1.29, 1.82) is 0 Å². The van der Waals surface area contributed by atoms with Crippen molar-refractivity contribution in [2.45, 2.75) is 31.5 Å². The summed E-state index contributed by atoms with van der Waals surface area (Å²) in [7, 11) is 0. The molecule has 1 aliphatic carbocycles. The fourth-order valence-electron chi connectivity index (χ4n) is 5.98. The number of halogens is 5. The Bertz CT molecular complexity index is 2160. The molecule has 4 aromatic heterocycles. The first kappa shape index (κ1) is 25.8. The molecule has 10 nitrogen and oxygen atoms in total. The van der Waals surface area contributed by atoms with Gasteiger partial charge < -0.3 is 4.98 Å². The number of nitrogens with one attached hydrogen (secondary N) is 2. The van der Waals surface area contributed by atoms with Crippen molar-refractivity contribution < 1.29 is 17.6 Å². The number of imidazole rings is 1. The number of aromatic nitrogens is 9. The summed E-state index contributed by atoms with van der Waals surface area (Å²) in [6.45, 7) is 1.90. The highest BCUT2D eigenvalue weighted by Gasteiger charge is 2.55. The zero-order chi connectivity index (χ0) is 29.8. The van der Waals surface area contributed by atoms with Crippen LogP contribution < -0.4 is 5.56 Å². The van der Waals surface area contributed by atoms with Gasteiger partial charge >= 0.3 is 6.18 Å². The van der Waals surface area contributed by atoms with Crippen LogP contribution in [0.2, 0.25) is 5.02 Å². The third-order valence-corrected chi connectivity index (χ3v) is 8.31. The number of fused-ring (bicyclic) bond motifs is 4. The second-order valence-corrected chi connectivity index (χ2v) is 11.2. The maximum absolute atomic E-state index is 15.2. The van der Waals surface area contributed by atoms with E-state index in [1.165, 1.54) is 28.8 Å². The van der Waals surface area contributed by atoms with Gasteiger partial charge in [-0.15, -0.1) is 5.10 Å². The molecular weight excluding hydrogens is 590 g/mol. The second kappa shape index (κ2) is 8.83. The standard InChI is InChI=1S/C28H18ClF4N9O/c1-11-14-4-2-12(6-19(14)38-37-11)23-25(30)36-26(35-23)24-15-8-16(15)27-34-18(9-22(43)42(24)27)17-7-13(29)3-5-20(17)41-10-21(39-40-41)28(31,32)33/h2-7,9-10,15-16,24H,8H2,1H3,(H,35,36)(H,37,38). The van der Waals surface area contributed by atoms with E-state index in [9.17, 15) is 18.0 Å². The van der Waals surface area contributed by atoms with Gasteiger partial charge in [-0.3, -0.25) is 14.5 Å². The van der Waals surface area contributed by atoms with E-state index >= 15 is 4.39 Å². The molecule has 0 saturated heterocycles. The Morgan fingerprint density at radius 3 is 2.72 bits per heavy atom. The average molecular weight is 608 g/mol. The van der Waals surface area contributed by atoms with Crippen LogP contribution in [0.25, 0.3) is 39.1 Å². The minimum absolute atomic E-state index is 0.0196. The number of H-pyrrole nitrogens is 2. The predicted molar refractivity (Wildman–Crippen MR) is 146 cm³/mol. The van der Waals surface area contributed by atoms with E-state index in [1.807, 2.05) is 13.0 Å². The SMILES string of the molecule is Cc1[nH]nc2cc(-c3nc(C4C5CC5c5nc(-c6cc(Cl)ccc6-n6cc(C(F)(F)F)nn6)cc(=O)n54)[nH]c3F)ccc12. The highest BCUT2D eigenvalue weighted by molar-refractivity contribution is 6.31. The molecule has 216 valence electrons. The molecule has 6 aromatic rings. The normalized spacial score (nSPS) is 19.2. The van der Waals surface area contributed by atoms with Gasteiger partial charge in [0.25, 0.3) is 5.56 Å². The molecule has 2 aliphatic rings. The number of rotatable bonds is 4. The molecule has 8 rings (SSSR count). The summed E-state index contributed by atoms with van der Waals surface area (Å²) in [5, 5.41) is 15.2. The van der Waals surface area contributed by atoms with Gasteiger partial charge in [-0.2, -0.15) is 22.7 Å². The quantitative estimate of drug-likeness (QED) is 0.252. The number of aromatic amines is 2. The van der Waals surface area contributed by atoms with Crippen LogP contribution in [0.5, 0.6) is 0 Å². The lowest BCUT2D eigenvalue weighted by molar-refractivity contribution is -0.141. The van der Waals surface area contributed by atoms with Crippen LogP contribution in [0.15, 0.2) is 53.5 Å². The number of hydrogen-bond acceptors (Lipinski definition) is 6. The summed E-state index contributed by atoms with van der Waals surface area (Å²) in [6.07, 6.45) is -3.20. The molecule has 2 aromatic carbocycles. The smallest absolute Gasteiger partial charge is 0.317 e. The Labute approximate surface area is 243 Å². The van der Waals surface area contributed by atoms with Gasteiger partial charge in [0.1, 0.15) is 17.3 Å². The molecule has 0 bridgehead atoms. The van der Waals surface area contributed by atoms with Gasteiger partial charge in [0.15, 0.2) is 5.69 Å². The Morgan fingerprint density at radius 1 is 1.09 bits per heavy atom. The number of hydrogen-bond donors (Lipinski definition) is 2. The van der Waals surface area contributed by atoms with Crippen molar-refractivity contribution in [1.82, 2.24) is 44.7 Å². The number of alkyl halides is 3. The Kier molecular flexibility index (Phi) is 5.30. The number of benzene rings is 2. The summed E-state index contributed by atoms with van der Waals surface area (Å²) < 4.78 is 57.3. The molecule has 0 amide bonds. The van der Waals surface area contributed by atoms with Crippen molar-refractivity contribution in [2.24, 2.45) is 5.92 Å². The monoisotopic (exact) mass is 607 g/mol. The molecule has 1 saturated carbocycles. The number of nitrogens with zero attached hydrogens (tertiary/aromatic N) is 7. The van der Waals surface area contributed by atoms with E-state index < -0.39 is 29.4 Å². The van der Waals surface area contributed by atoms with Crippen LogP contribution in [-0.4, -0.2) is 44.7 Å². The highest BCUT2D eigenvalue weighted by atomic mass is 35.5. The van der Waals surface area contributed by atoms with Crippen LogP contribution in [0.3, 0.4) is 0 Å². The third kappa shape index (κ3) is 4.00. The highest BCUT2D eigenvalue weighted by Crippen LogP contribution is 2.60. The molecule has 15 heteroatoms. The Hall–Kier alpha value is -4.85. The lowest BCUT2D eigenvalue weighted by Gasteiger charge is -2.17. The molecule has 2 N–H and O–H groups in total. The van der Waals surface area contributed by atoms with Crippen molar-refractivity contribution in [3.63, 3.8) is 0 Å². The summed E-state index contributed by atoms with van der Waals surface area (Å²) in [4.78, 5) is 25.7. The van der Waals surface area contributed by atoms with E-state index in [2.05, 4.69) is 30.5 Å². The largest absolute Gasteiger partial charge is 0.436 e. The van der Waals surface area contributed by atoms with Crippen molar-refractivity contribution >= 4 is 22.5 Å². The van der Waals surface area contributed by atoms with E-state index in [1.54, 1.807) is 12.1 Å². The maximum Gasteiger partial charge on any atom is 0.436 e. The van der Waals surface area contributed by atoms with Crippen LogP contribution >= 0.6 is 11.6 Å². The van der Waals surface area contributed by atoms with E-state index in [-0.39, 0.29) is 28.9 Å². The molecule has 1 fully saturated rings. The second-order valence-electron chi connectivity index (χ2n) is 10.7. The predicted octanol–water partition coefficient (Wildman–Crippen LogP) is 5.58. The van der Waals surface area contributed by atoms with Crippen LogP contribution in [0.1, 0.15) is 41.4 Å². The van der Waals surface area contributed by atoms with Gasteiger partial charge in [0.2, 0.25) is 5.95 Å². The maximum atomic E-state index is 15.2. The summed E-state index contributed by atoms with van der Waals surface area (Å²) in [5.74, 6) is 0.0843. The van der Waals surface area contributed by atoms with Gasteiger partial charge in [0, 0.05) is 39.2 Å². The van der Waals surface area contributed by atoms with Gasteiger partial charge in [-0.05, 0) is 43.5 Å². The van der Waals surface area contributed by atoms with Crippen LogP contribution in [-0.2, 0) is 6.18 Å². The molecule has 3 unspecified atom stereocenters. The van der Waals surface area contributed by atoms with Gasteiger partial charge in [-0.25, -0.2) is 14.6 Å². The first-order valence-electron chi connectivity index (χ1n) is 13.2. The minimum Gasteiger partial charge on any atom is -0.317 e. The lowest BCUT2D eigenvalue weighted by Crippen LogP contribution is -2.27. The van der Waals surface area contributed by atoms with Crippen molar-refractivity contribution in [3.05, 3.63) is 93.0 Å². The van der Waals surface area contributed by atoms with E-state index in [0.717, 1.165) is 28.4 Å². The first-order chi connectivity index (χ1) is 20.6. The Morgan fingerprint density at radius 2 is 1.93 bits per heavy atom. The fraction of sp³-hybridized carbons (Fsp3) is 0.214. The summed E-state index contributed by atoms with van der Waals surface area (Å²) >= 11 is 6.24. The molecule has 1 aliphatic heterocycles. The Balaban J connectivity index is 1.19. The zero-order valence-electron chi connectivity index (χ0n) is 22.0. The molecule has 0 spiro atoms.